The molecule has 0 unspecified atom stereocenters. The lowest BCUT2D eigenvalue weighted by atomic mass is 10.5. The fourth-order valence-corrected chi connectivity index (χ4v) is 0.166. The molecule has 0 heterocycles. The highest BCUT2D eigenvalue weighted by molar-refractivity contribution is 8.93. The van der Waals surface area contributed by atoms with Crippen LogP contribution in [0.4, 0.5) is 0 Å². The Bertz CT molecular complexity index is 67.5. The quantitative estimate of drug-likeness (QED) is 0.491. The van der Waals surface area contributed by atoms with Gasteiger partial charge in [-0.05, 0) is 6.42 Å². The molecule has 4 nitrogen and oxygen atoms in total. The molecule has 50 valence electrons. The summed E-state index contributed by atoms with van der Waals surface area (Å²) in [5.74, 6) is 0. The second-order valence-electron chi connectivity index (χ2n) is 1.06. The smallest absolute Gasteiger partial charge is 0.294 e. The predicted molar refractivity (Wildman–Crippen MR) is 33.6 cm³/mol. The van der Waals surface area contributed by atoms with Crippen molar-refractivity contribution < 1.29 is 9.92 Å². The zero-order valence-corrected chi connectivity index (χ0v) is 6.21. The van der Waals surface area contributed by atoms with Crippen molar-refractivity contribution >= 4 is 17.0 Å². The summed E-state index contributed by atoms with van der Waals surface area (Å²) in [5.41, 5.74) is 0. The summed E-state index contributed by atoms with van der Waals surface area (Å²) in [7, 11) is 0. The highest BCUT2D eigenvalue weighted by atomic mass is 79.9. The van der Waals surface area contributed by atoms with Crippen LogP contribution in [0.2, 0.25) is 0 Å². The Morgan fingerprint density at radius 1 is 1.75 bits per heavy atom. The molecule has 0 aliphatic heterocycles. The van der Waals surface area contributed by atoms with E-state index in [1.165, 1.54) is 0 Å². The fraction of sp³-hybridized carbons (Fsp3) is 1.00. The maximum atomic E-state index is 9.34. The standard InChI is InChI=1S/C3H7NO3.BrH/c1-2-3-7-4(5)6;/h2-3H2,1H3;1H. The Hall–Kier alpha value is -0.320. The number of rotatable bonds is 3. The Balaban J connectivity index is 0. The van der Waals surface area contributed by atoms with Crippen molar-refractivity contribution in [3.8, 4) is 0 Å². The van der Waals surface area contributed by atoms with Gasteiger partial charge in [-0.25, -0.2) is 0 Å². The van der Waals surface area contributed by atoms with Gasteiger partial charge in [0, 0.05) is 0 Å². The molecule has 0 amide bonds. The van der Waals surface area contributed by atoms with Crippen LogP contribution in [0.25, 0.3) is 0 Å². The molecular formula is C3H8BrNO3. The molecule has 0 saturated carbocycles. The first-order chi connectivity index (χ1) is 3.27. The van der Waals surface area contributed by atoms with Crippen LogP contribution in [-0.4, -0.2) is 11.7 Å². The highest BCUT2D eigenvalue weighted by Crippen LogP contribution is 1.77. The molecule has 0 radical (unpaired) electrons. The van der Waals surface area contributed by atoms with E-state index < -0.39 is 5.09 Å². The van der Waals surface area contributed by atoms with Crippen molar-refractivity contribution in [2.24, 2.45) is 0 Å². The minimum atomic E-state index is -0.788. The van der Waals surface area contributed by atoms with Crippen molar-refractivity contribution in [2.45, 2.75) is 13.3 Å². The summed E-state index contributed by atoms with van der Waals surface area (Å²) in [6.45, 7) is 2.01. The molecule has 0 bridgehead atoms. The van der Waals surface area contributed by atoms with E-state index in [9.17, 15) is 10.1 Å². The van der Waals surface area contributed by atoms with Crippen LogP contribution in [0.3, 0.4) is 0 Å². The van der Waals surface area contributed by atoms with Gasteiger partial charge in [-0.3, -0.25) is 0 Å². The topological polar surface area (TPSA) is 52.4 Å². The Morgan fingerprint density at radius 2 is 2.25 bits per heavy atom. The van der Waals surface area contributed by atoms with Crippen LogP contribution >= 0.6 is 17.0 Å². The minimum absolute atomic E-state index is 0. The van der Waals surface area contributed by atoms with E-state index in [4.69, 9.17) is 0 Å². The lowest BCUT2D eigenvalue weighted by molar-refractivity contribution is -0.757. The molecule has 0 aromatic carbocycles. The number of hydrogen-bond acceptors (Lipinski definition) is 3. The van der Waals surface area contributed by atoms with Crippen LogP contribution in [0.15, 0.2) is 0 Å². The minimum Gasteiger partial charge on any atom is -0.314 e. The maximum absolute atomic E-state index is 9.34. The number of nitrogens with zero attached hydrogens (tertiary/aromatic N) is 1. The normalized spacial score (nSPS) is 7.12. The average Bonchev–Trinajstić information content (AvgIpc) is 1.61. The van der Waals surface area contributed by atoms with E-state index in [0.717, 1.165) is 0 Å². The lowest BCUT2D eigenvalue weighted by Crippen LogP contribution is -1.99. The van der Waals surface area contributed by atoms with Gasteiger partial charge in [0.1, 0.15) is 0 Å². The second kappa shape index (κ2) is 6.68. The van der Waals surface area contributed by atoms with Gasteiger partial charge in [0.15, 0.2) is 0 Å². The van der Waals surface area contributed by atoms with Crippen LogP contribution in [0.5, 0.6) is 0 Å². The van der Waals surface area contributed by atoms with Gasteiger partial charge in [-0.2, -0.15) is 0 Å². The molecule has 5 heteroatoms. The SMILES string of the molecule is Br.CCCO[N+](=O)[O-]. The van der Waals surface area contributed by atoms with Crippen molar-refractivity contribution in [1.29, 1.82) is 0 Å². The second-order valence-corrected chi connectivity index (χ2v) is 1.06. The van der Waals surface area contributed by atoms with Crippen molar-refractivity contribution in [3.63, 3.8) is 0 Å². The van der Waals surface area contributed by atoms with E-state index in [1.807, 2.05) is 6.92 Å². The predicted octanol–water partition coefficient (Wildman–Crippen LogP) is 1.18. The lowest BCUT2D eigenvalue weighted by Gasteiger charge is -1.88. The Labute approximate surface area is 57.7 Å². The van der Waals surface area contributed by atoms with Crippen LogP contribution in [0, 0.1) is 10.1 Å². The molecule has 0 saturated heterocycles. The van der Waals surface area contributed by atoms with E-state index in [1.54, 1.807) is 0 Å². The molecule has 0 aliphatic rings. The molecular weight excluding hydrogens is 178 g/mol. The summed E-state index contributed by atoms with van der Waals surface area (Å²) >= 11 is 0. The molecule has 0 aromatic rings. The van der Waals surface area contributed by atoms with E-state index >= 15 is 0 Å². The largest absolute Gasteiger partial charge is 0.314 e. The average molecular weight is 186 g/mol. The monoisotopic (exact) mass is 185 g/mol. The fourth-order valence-electron chi connectivity index (χ4n) is 0.166. The Kier molecular flexibility index (Phi) is 8.87. The first kappa shape index (κ1) is 10.6. The van der Waals surface area contributed by atoms with Gasteiger partial charge in [-0.15, -0.1) is 27.1 Å². The van der Waals surface area contributed by atoms with Gasteiger partial charge in [0.25, 0.3) is 5.09 Å². The first-order valence-electron chi connectivity index (χ1n) is 2.04. The van der Waals surface area contributed by atoms with Gasteiger partial charge < -0.3 is 4.84 Å². The molecule has 0 rings (SSSR count). The van der Waals surface area contributed by atoms with Gasteiger partial charge in [0.2, 0.25) is 0 Å². The zero-order chi connectivity index (χ0) is 5.70. The van der Waals surface area contributed by atoms with E-state index in [0.29, 0.717) is 6.42 Å². The molecule has 0 aromatic heterocycles. The van der Waals surface area contributed by atoms with Crippen molar-refractivity contribution in [2.75, 3.05) is 6.61 Å². The third kappa shape index (κ3) is 9.19. The van der Waals surface area contributed by atoms with E-state index in [2.05, 4.69) is 4.84 Å². The zero-order valence-electron chi connectivity index (χ0n) is 4.49. The first-order valence-corrected chi connectivity index (χ1v) is 2.04. The summed E-state index contributed by atoms with van der Waals surface area (Å²) in [6.07, 6.45) is 0.682. The molecule has 0 aliphatic carbocycles. The third-order valence-electron chi connectivity index (χ3n) is 0.401. The van der Waals surface area contributed by atoms with Gasteiger partial charge in [-0.1, -0.05) is 6.92 Å². The molecule has 0 spiro atoms. The molecule has 0 atom stereocenters. The van der Waals surface area contributed by atoms with Crippen LogP contribution in [-0.2, 0) is 4.84 Å². The maximum Gasteiger partial charge on any atom is 0.294 e. The highest BCUT2D eigenvalue weighted by Gasteiger charge is 1.87. The number of halogens is 1. The third-order valence-corrected chi connectivity index (χ3v) is 0.401. The van der Waals surface area contributed by atoms with Crippen LogP contribution < -0.4 is 0 Å². The summed E-state index contributed by atoms with van der Waals surface area (Å²) in [5, 5.41) is 8.55. The summed E-state index contributed by atoms with van der Waals surface area (Å²) < 4.78 is 0. The van der Waals surface area contributed by atoms with E-state index in [-0.39, 0.29) is 23.6 Å². The summed E-state index contributed by atoms with van der Waals surface area (Å²) in [4.78, 5) is 13.3. The van der Waals surface area contributed by atoms with Crippen molar-refractivity contribution in [3.05, 3.63) is 10.1 Å². The van der Waals surface area contributed by atoms with Gasteiger partial charge in [0.05, 0.1) is 6.61 Å². The Morgan fingerprint density at radius 3 is 2.38 bits per heavy atom. The number of hydrogen-bond donors (Lipinski definition) is 0. The molecule has 0 fully saturated rings. The molecule has 8 heavy (non-hydrogen) atoms. The molecule has 0 N–H and O–H groups in total. The summed E-state index contributed by atoms with van der Waals surface area (Å²) in [6, 6.07) is 0. The van der Waals surface area contributed by atoms with Crippen LogP contribution in [0.1, 0.15) is 13.3 Å². The van der Waals surface area contributed by atoms with Gasteiger partial charge >= 0.3 is 0 Å². The van der Waals surface area contributed by atoms with Crippen molar-refractivity contribution in [1.82, 2.24) is 0 Å².